The topological polar surface area (TPSA) is 90.3 Å². The fourth-order valence-electron chi connectivity index (χ4n) is 5.56. The molecule has 1 heterocycles. The summed E-state index contributed by atoms with van der Waals surface area (Å²) in [6, 6.07) is 8.19. The van der Waals surface area contributed by atoms with E-state index in [1.165, 1.54) is 54.3 Å². The second-order valence-electron chi connectivity index (χ2n) is 8.95. The van der Waals surface area contributed by atoms with Crippen molar-refractivity contribution in [1.82, 2.24) is 9.62 Å². The van der Waals surface area contributed by atoms with Crippen LogP contribution in [0, 0.1) is 35.0 Å². The number of hydrogen-bond donors (Lipinski definition) is 1. The molecule has 3 aliphatic rings. The van der Waals surface area contributed by atoms with Crippen LogP contribution in [0.1, 0.15) is 51.0 Å². The van der Waals surface area contributed by atoms with Crippen LogP contribution in [0.25, 0.3) is 0 Å². The molecule has 1 N–H and O–H groups in total. The lowest BCUT2D eigenvalue weighted by atomic mass is 9.83. The van der Waals surface area contributed by atoms with Gasteiger partial charge in [0.2, 0.25) is 15.9 Å². The molecule has 4 rings (SSSR count). The molecule has 2 aliphatic carbocycles. The van der Waals surface area contributed by atoms with Crippen molar-refractivity contribution in [2.75, 3.05) is 13.1 Å². The molecule has 0 aromatic heterocycles. The highest BCUT2D eigenvalue weighted by Gasteiger charge is 2.42. The van der Waals surface area contributed by atoms with Crippen molar-refractivity contribution in [1.29, 1.82) is 5.26 Å². The molecule has 156 valence electrons. The number of nitrogens with one attached hydrogen (secondary N) is 1. The first-order valence-corrected chi connectivity index (χ1v) is 12.1. The van der Waals surface area contributed by atoms with E-state index >= 15 is 0 Å². The van der Waals surface area contributed by atoms with Crippen LogP contribution in [0.2, 0.25) is 0 Å². The Morgan fingerprint density at radius 1 is 1.14 bits per heavy atom. The van der Waals surface area contributed by atoms with E-state index in [0.29, 0.717) is 37.4 Å². The summed E-state index contributed by atoms with van der Waals surface area (Å²) < 4.78 is 27.1. The van der Waals surface area contributed by atoms with Gasteiger partial charge >= 0.3 is 0 Å². The molecule has 1 amide bonds. The van der Waals surface area contributed by atoms with Crippen molar-refractivity contribution in [2.45, 2.75) is 56.4 Å². The summed E-state index contributed by atoms with van der Waals surface area (Å²) in [5.74, 6) is 2.20. The van der Waals surface area contributed by atoms with E-state index in [-0.39, 0.29) is 22.8 Å². The van der Waals surface area contributed by atoms with E-state index in [0.717, 1.165) is 11.8 Å². The minimum Gasteiger partial charge on any atom is -0.353 e. The monoisotopic (exact) mass is 415 g/mol. The van der Waals surface area contributed by atoms with E-state index < -0.39 is 10.0 Å². The van der Waals surface area contributed by atoms with Crippen molar-refractivity contribution in [2.24, 2.45) is 23.7 Å². The summed E-state index contributed by atoms with van der Waals surface area (Å²) in [7, 11) is -3.59. The Balaban J connectivity index is 1.31. The molecule has 1 saturated heterocycles. The largest absolute Gasteiger partial charge is 0.353 e. The van der Waals surface area contributed by atoms with Crippen LogP contribution in [-0.4, -0.2) is 37.8 Å². The zero-order valence-electron chi connectivity index (χ0n) is 16.9. The zero-order chi connectivity index (χ0) is 20.6. The molecule has 1 aromatic carbocycles. The summed E-state index contributed by atoms with van der Waals surface area (Å²) in [6.45, 7) is 2.83. The van der Waals surface area contributed by atoms with Crippen LogP contribution in [0.15, 0.2) is 29.2 Å². The third-order valence-electron chi connectivity index (χ3n) is 7.25. The molecule has 4 unspecified atom stereocenters. The molecule has 2 saturated carbocycles. The zero-order valence-corrected chi connectivity index (χ0v) is 17.7. The van der Waals surface area contributed by atoms with Gasteiger partial charge in [-0.2, -0.15) is 9.57 Å². The standard InChI is InChI=1S/C22H29N3O3S/c1-15(21-13-17-2-5-19(21)12-17)24-22(26)18-8-10-25(11-9-18)29(27,28)20-6-3-16(14-23)4-7-20/h3-4,6-7,15,17-19,21H,2,5,8-13H2,1H3,(H,24,26). The van der Waals surface area contributed by atoms with Gasteiger partial charge in [-0.05, 0) is 81.0 Å². The van der Waals surface area contributed by atoms with Crippen LogP contribution in [0.5, 0.6) is 0 Å². The van der Waals surface area contributed by atoms with Crippen molar-refractivity contribution in [3.05, 3.63) is 29.8 Å². The van der Waals surface area contributed by atoms with Crippen LogP contribution < -0.4 is 5.32 Å². The van der Waals surface area contributed by atoms with Gasteiger partial charge in [-0.1, -0.05) is 6.42 Å². The van der Waals surface area contributed by atoms with Crippen LogP contribution in [-0.2, 0) is 14.8 Å². The highest BCUT2D eigenvalue weighted by atomic mass is 32.2. The number of benzene rings is 1. The molecular weight excluding hydrogens is 386 g/mol. The van der Waals surface area contributed by atoms with Crippen LogP contribution in [0.3, 0.4) is 0 Å². The van der Waals surface area contributed by atoms with Gasteiger partial charge in [-0.15, -0.1) is 0 Å². The minimum atomic E-state index is -3.59. The first-order valence-electron chi connectivity index (χ1n) is 10.7. The summed E-state index contributed by atoms with van der Waals surface area (Å²) in [4.78, 5) is 13.0. The second-order valence-corrected chi connectivity index (χ2v) is 10.9. The maximum absolute atomic E-state index is 12.8. The summed E-state index contributed by atoms with van der Waals surface area (Å²) >= 11 is 0. The van der Waals surface area contributed by atoms with Gasteiger partial charge in [0.1, 0.15) is 0 Å². The van der Waals surface area contributed by atoms with Gasteiger partial charge in [0, 0.05) is 25.0 Å². The van der Waals surface area contributed by atoms with Crippen molar-refractivity contribution >= 4 is 15.9 Å². The number of hydrogen-bond acceptors (Lipinski definition) is 4. The molecule has 2 bridgehead atoms. The first kappa shape index (κ1) is 20.4. The molecule has 4 atom stereocenters. The lowest BCUT2D eigenvalue weighted by Gasteiger charge is -2.33. The van der Waals surface area contributed by atoms with Crippen LogP contribution in [0.4, 0.5) is 0 Å². The Bertz CT molecular complexity index is 898. The Labute approximate surface area is 173 Å². The molecule has 3 fully saturated rings. The lowest BCUT2D eigenvalue weighted by molar-refractivity contribution is -0.127. The van der Waals surface area contributed by atoms with Gasteiger partial charge in [0.25, 0.3) is 0 Å². The van der Waals surface area contributed by atoms with Crippen LogP contribution >= 0.6 is 0 Å². The predicted molar refractivity (Wildman–Crippen MR) is 109 cm³/mol. The number of nitrogens with zero attached hydrogens (tertiary/aromatic N) is 2. The number of nitriles is 1. The number of fused-ring (bicyclic) bond motifs is 2. The van der Waals surface area contributed by atoms with Crippen molar-refractivity contribution in [3.8, 4) is 6.07 Å². The van der Waals surface area contributed by atoms with Gasteiger partial charge in [0.15, 0.2) is 0 Å². The van der Waals surface area contributed by atoms with E-state index in [4.69, 9.17) is 5.26 Å². The summed E-state index contributed by atoms with van der Waals surface area (Å²) in [5, 5.41) is 12.1. The Morgan fingerprint density at radius 3 is 2.38 bits per heavy atom. The Hall–Kier alpha value is -1.91. The van der Waals surface area contributed by atoms with Crippen molar-refractivity contribution in [3.63, 3.8) is 0 Å². The van der Waals surface area contributed by atoms with E-state index in [2.05, 4.69) is 12.2 Å². The van der Waals surface area contributed by atoms with E-state index in [1.807, 2.05) is 6.07 Å². The second kappa shape index (κ2) is 8.08. The minimum absolute atomic E-state index is 0.0793. The SMILES string of the molecule is CC(NC(=O)C1CCN(S(=O)(=O)c2ccc(C#N)cc2)CC1)C1CC2CCC1C2. The first-order chi connectivity index (χ1) is 13.9. The van der Waals surface area contributed by atoms with Gasteiger partial charge < -0.3 is 5.32 Å². The number of amides is 1. The number of carbonyl (C=O) groups excluding carboxylic acids is 1. The molecule has 1 aromatic rings. The molecule has 7 heteroatoms. The molecule has 0 radical (unpaired) electrons. The highest BCUT2D eigenvalue weighted by molar-refractivity contribution is 7.89. The molecular formula is C22H29N3O3S. The maximum Gasteiger partial charge on any atom is 0.243 e. The number of carbonyl (C=O) groups is 1. The summed E-state index contributed by atoms with van der Waals surface area (Å²) in [5.41, 5.74) is 0.434. The Morgan fingerprint density at radius 2 is 1.83 bits per heavy atom. The van der Waals surface area contributed by atoms with E-state index in [9.17, 15) is 13.2 Å². The third kappa shape index (κ3) is 4.06. The highest BCUT2D eigenvalue weighted by Crippen LogP contribution is 2.49. The third-order valence-corrected chi connectivity index (χ3v) is 9.16. The summed E-state index contributed by atoms with van der Waals surface area (Å²) in [6.07, 6.45) is 6.33. The molecule has 29 heavy (non-hydrogen) atoms. The number of sulfonamides is 1. The molecule has 1 aliphatic heterocycles. The fraction of sp³-hybridized carbons (Fsp3) is 0.636. The maximum atomic E-state index is 12.8. The molecule has 6 nitrogen and oxygen atoms in total. The average Bonchev–Trinajstić information content (AvgIpc) is 3.37. The number of rotatable bonds is 5. The Kier molecular flexibility index (Phi) is 5.67. The van der Waals surface area contributed by atoms with Gasteiger partial charge in [-0.3, -0.25) is 4.79 Å². The molecule has 0 spiro atoms. The van der Waals surface area contributed by atoms with Crippen molar-refractivity contribution < 1.29 is 13.2 Å². The smallest absolute Gasteiger partial charge is 0.243 e. The average molecular weight is 416 g/mol. The quantitative estimate of drug-likeness (QED) is 0.801. The normalized spacial score (nSPS) is 28.8. The van der Waals surface area contributed by atoms with E-state index in [1.54, 1.807) is 0 Å². The van der Waals surface area contributed by atoms with Gasteiger partial charge in [0.05, 0.1) is 16.5 Å². The number of piperidine rings is 1. The fourth-order valence-corrected chi connectivity index (χ4v) is 7.03. The lowest BCUT2D eigenvalue weighted by Crippen LogP contribution is -2.47. The van der Waals surface area contributed by atoms with Gasteiger partial charge in [-0.25, -0.2) is 8.42 Å². The predicted octanol–water partition coefficient (Wildman–Crippen LogP) is 2.90.